The second-order valence-electron chi connectivity index (χ2n) is 3.92. The zero-order valence-electron chi connectivity index (χ0n) is 8.28. The average molecular weight is 231 g/mol. The van der Waals surface area contributed by atoms with E-state index in [1.54, 1.807) is 11.3 Å². The number of fused-ring (bicyclic) bond motifs is 1. The molecular weight excluding hydrogens is 218 g/mol. The Morgan fingerprint density at radius 1 is 1.43 bits per heavy atom. The number of aryl methyl sites for hydroxylation is 1. The van der Waals surface area contributed by atoms with Gasteiger partial charge >= 0.3 is 0 Å². The third-order valence-corrected chi connectivity index (χ3v) is 5.28. The largest absolute Gasteiger partial charge is 0.245 e. The van der Waals surface area contributed by atoms with Gasteiger partial charge in [0.1, 0.15) is 0 Å². The molecule has 1 aliphatic rings. The van der Waals surface area contributed by atoms with Crippen LogP contribution in [0.25, 0.3) is 0 Å². The van der Waals surface area contributed by atoms with Gasteiger partial charge in [0, 0.05) is 10.8 Å². The first-order valence-corrected chi connectivity index (χ1v) is 7.30. The van der Waals surface area contributed by atoms with Gasteiger partial charge < -0.3 is 0 Å². The summed E-state index contributed by atoms with van der Waals surface area (Å²) in [6, 6.07) is 0. The smallest absolute Gasteiger partial charge is 0.156 e. The molecule has 0 aromatic carbocycles. The standard InChI is InChI=1S/C9H13NO2S2/c1-6(2)9-10-7-5-14(11,12)4-3-8(7)13-9/h6H,3-5H2,1-2H3. The Morgan fingerprint density at radius 3 is 2.79 bits per heavy atom. The fraction of sp³-hybridized carbons (Fsp3) is 0.667. The molecule has 0 atom stereocenters. The number of rotatable bonds is 1. The summed E-state index contributed by atoms with van der Waals surface area (Å²) in [5.74, 6) is 0.832. The SMILES string of the molecule is CC(C)c1nc2c(s1)CCS(=O)(=O)C2. The van der Waals surface area contributed by atoms with Crippen LogP contribution in [0.1, 0.15) is 35.3 Å². The lowest BCUT2D eigenvalue weighted by atomic mass is 10.2. The lowest BCUT2D eigenvalue weighted by Gasteiger charge is -2.09. The molecule has 2 heterocycles. The van der Waals surface area contributed by atoms with Gasteiger partial charge in [-0.3, -0.25) is 0 Å². The van der Waals surface area contributed by atoms with Gasteiger partial charge in [0.25, 0.3) is 0 Å². The molecule has 5 heteroatoms. The van der Waals surface area contributed by atoms with Crippen molar-refractivity contribution in [3.8, 4) is 0 Å². The van der Waals surface area contributed by atoms with Crippen LogP contribution in [-0.4, -0.2) is 19.2 Å². The summed E-state index contributed by atoms with van der Waals surface area (Å²) in [6.45, 7) is 4.16. The highest BCUT2D eigenvalue weighted by atomic mass is 32.2. The van der Waals surface area contributed by atoms with Crippen molar-refractivity contribution in [1.82, 2.24) is 4.98 Å². The predicted octanol–water partition coefficient (Wildman–Crippen LogP) is 1.74. The van der Waals surface area contributed by atoms with Crippen LogP contribution in [0.3, 0.4) is 0 Å². The normalized spacial score (nSPS) is 19.6. The van der Waals surface area contributed by atoms with E-state index in [-0.39, 0.29) is 5.75 Å². The quantitative estimate of drug-likeness (QED) is 0.739. The van der Waals surface area contributed by atoms with Crippen molar-refractivity contribution in [1.29, 1.82) is 0 Å². The Labute approximate surface area is 88.1 Å². The summed E-state index contributed by atoms with van der Waals surface area (Å²) in [4.78, 5) is 5.56. The minimum Gasteiger partial charge on any atom is -0.245 e. The first-order chi connectivity index (χ1) is 6.48. The lowest BCUT2D eigenvalue weighted by Crippen LogP contribution is -2.17. The van der Waals surface area contributed by atoms with Crippen LogP contribution < -0.4 is 0 Å². The van der Waals surface area contributed by atoms with E-state index in [0.717, 1.165) is 10.7 Å². The van der Waals surface area contributed by atoms with Crippen molar-refractivity contribution in [2.45, 2.75) is 31.9 Å². The van der Waals surface area contributed by atoms with Crippen molar-refractivity contribution in [3.05, 3.63) is 15.6 Å². The summed E-state index contributed by atoms with van der Waals surface area (Å²) in [5, 5.41) is 1.06. The van der Waals surface area contributed by atoms with E-state index in [1.807, 2.05) is 0 Å². The van der Waals surface area contributed by atoms with Crippen molar-refractivity contribution in [3.63, 3.8) is 0 Å². The average Bonchev–Trinajstić information content (AvgIpc) is 2.45. The highest BCUT2D eigenvalue weighted by Gasteiger charge is 2.25. The molecule has 0 amide bonds. The van der Waals surface area contributed by atoms with Crippen molar-refractivity contribution in [2.75, 3.05) is 5.75 Å². The first kappa shape index (κ1) is 10.1. The highest BCUT2D eigenvalue weighted by molar-refractivity contribution is 7.90. The fourth-order valence-corrected chi connectivity index (χ4v) is 4.11. The summed E-state index contributed by atoms with van der Waals surface area (Å²) < 4.78 is 22.7. The van der Waals surface area contributed by atoms with Crippen molar-refractivity contribution >= 4 is 21.2 Å². The molecule has 0 saturated heterocycles. The number of nitrogens with zero attached hydrogens (tertiary/aromatic N) is 1. The minimum atomic E-state index is -2.86. The van der Waals surface area contributed by atoms with Crippen molar-refractivity contribution in [2.24, 2.45) is 0 Å². The molecule has 14 heavy (non-hydrogen) atoms. The van der Waals surface area contributed by atoms with Gasteiger partial charge in [0.05, 0.1) is 22.2 Å². The number of thiazole rings is 1. The van der Waals surface area contributed by atoms with Gasteiger partial charge in [-0.05, 0) is 6.42 Å². The van der Waals surface area contributed by atoms with Gasteiger partial charge in [0.15, 0.2) is 9.84 Å². The summed E-state index contributed by atoms with van der Waals surface area (Å²) in [6.07, 6.45) is 0.655. The number of hydrogen-bond acceptors (Lipinski definition) is 4. The number of sulfone groups is 1. The number of aromatic nitrogens is 1. The molecule has 0 N–H and O–H groups in total. The first-order valence-electron chi connectivity index (χ1n) is 4.67. The third-order valence-electron chi connectivity index (χ3n) is 2.29. The molecule has 0 spiro atoms. The molecule has 1 aromatic rings. The van der Waals surface area contributed by atoms with Gasteiger partial charge in [-0.25, -0.2) is 13.4 Å². The van der Waals surface area contributed by atoms with Crippen molar-refractivity contribution < 1.29 is 8.42 Å². The maximum atomic E-state index is 11.4. The monoisotopic (exact) mass is 231 g/mol. The lowest BCUT2D eigenvalue weighted by molar-refractivity contribution is 0.591. The Bertz CT molecular complexity index is 445. The zero-order chi connectivity index (χ0) is 10.3. The zero-order valence-corrected chi connectivity index (χ0v) is 9.91. The molecule has 0 radical (unpaired) electrons. The van der Waals surface area contributed by atoms with Gasteiger partial charge in [-0.15, -0.1) is 11.3 Å². The topological polar surface area (TPSA) is 47.0 Å². The summed E-state index contributed by atoms with van der Waals surface area (Å²) in [5.41, 5.74) is 0.796. The Hall–Kier alpha value is -0.420. The molecule has 0 aliphatic carbocycles. The molecule has 1 aromatic heterocycles. The molecule has 2 rings (SSSR count). The molecule has 0 unspecified atom stereocenters. The van der Waals surface area contributed by atoms with Gasteiger partial charge in [-0.1, -0.05) is 13.8 Å². The molecule has 3 nitrogen and oxygen atoms in total. The van der Waals surface area contributed by atoms with Crippen LogP contribution in [-0.2, 0) is 22.0 Å². The van der Waals surface area contributed by atoms with E-state index >= 15 is 0 Å². The maximum absolute atomic E-state index is 11.4. The maximum Gasteiger partial charge on any atom is 0.156 e. The Morgan fingerprint density at radius 2 is 2.14 bits per heavy atom. The van der Waals surface area contributed by atoms with Crippen LogP contribution in [0.2, 0.25) is 0 Å². The van der Waals surface area contributed by atoms with Gasteiger partial charge in [-0.2, -0.15) is 0 Å². The van der Waals surface area contributed by atoms with Crippen LogP contribution in [0.5, 0.6) is 0 Å². The fourth-order valence-electron chi connectivity index (χ4n) is 1.49. The van der Waals surface area contributed by atoms with E-state index in [1.165, 1.54) is 4.88 Å². The predicted molar refractivity (Wildman–Crippen MR) is 57.4 cm³/mol. The molecule has 0 saturated carbocycles. The Balaban J connectivity index is 2.39. The molecule has 1 aliphatic heterocycles. The Kier molecular flexibility index (Phi) is 2.39. The molecule has 0 bridgehead atoms. The summed E-state index contributed by atoms with van der Waals surface area (Å²) >= 11 is 1.67. The molecule has 78 valence electrons. The van der Waals surface area contributed by atoms with E-state index in [2.05, 4.69) is 18.8 Å². The van der Waals surface area contributed by atoms with E-state index < -0.39 is 9.84 Å². The van der Waals surface area contributed by atoms with Crippen LogP contribution in [0.4, 0.5) is 0 Å². The van der Waals surface area contributed by atoms with E-state index in [4.69, 9.17) is 0 Å². The number of hydrogen-bond donors (Lipinski definition) is 0. The summed E-state index contributed by atoms with van der Waals surface area (Å²) in [7, 11) is -2.86. The second-order valence-corrected chi connectivity index (χ2v) is 7.22. The van der Waals surface area contributed by atoms with Crippen LogP contribution in [0.15, 0.2) is 0 Å². The van der Waals surface area contributed by atoms with Crippen LogP contribution >= 0.6 is 11.3 Å². The molecule has 0 fully saturated rings. The van der Waals surface area contributed by atoms with E-state index in [0.29, 0.717) is 18.1 Å². The molecular formula is C9H13NO2S2. The van der Waals surface area contributed by atoms with Crippen LogP contribution in [0, 0.1) is 0 Å². The minimum absolute atomic E-state index is 0.144. The highest BCUT2D eigenvalue weighted by Crippen LogP contribution is 2.29. The third kappa shape index (κ3) is 1.83. The second kappa shape index (κ2) is 3.31. The van der Waals surface area contributed by atoms with Gasteiger partial charge in [0.2, 0.25) is 0 Å². The van der Waals surface area contributed by atoms with E-state index in [9.17, 15) is 8.42 Å².